The second-order valence-electron chi connectivity index (χ2n) is 5.57. The molecule has 3 aromatic rings. The van der Waals surface area contributed by atoms with Crippen LogP contribution in [0.5, 0.6) is 5.75 Å². The van der Waals surface area contributed by atoms with Crippen LogP contribution in [0.4, 0.5) is 5.82 Å². The Morgan fingerprint density at radius 1 is 1.14 bits per heavy atom. The number of ether oxygens (including phenoxy) is 1. The van der Waals surface area contributed by atoms with Crippen molar-refractivity contribution in [2.24, 2.45) is 0 Å². The normalized spacial score (nSPS) is 10.4. The molecule has 0 fully saturated rings. The Morgan fingerprint density at radius 2 is 1.93 bits per heavy atom. The number of nitrogens with zero attached hydrogens (tertiary/aromatic N) is 4. The highest BCUT2D eigenvalue weighted by atomic mass is 35.5. The van der Waals surface area contributed by atoms with Crippen molar-refractivity contribution in [2.45, 2.75) is 13.1 Å². The van der Waals surface area contributed by atoms with Crippen molar-refractivity contribution in [3.8, 4) is 5.75 Å². The maximum atomic E-state index is 12.5. The smallest absolute Gasteiger partial charge is 0.256 e. The third kappa shape index (κ3) is 5.05. The van der Waals surface area contributed by atoms with E-state index in [-0.39, 0.29) is 23.3 Å². The molecule has 0 bridgehead atoms. The lowest BCUT2D eigenvalue weighted by Crippen LogP contribution is -2.25. The molecule has 0 aliphatic heterocycles. The topological polar surface area (TPSA) is 102 Å². The number of carbonyl (C=O) groups is 1. The summed E-state index contributed by atoms with van der Waals surface area (Å²) in [6.07, 6.45) is 4.57. The first-order chi connectivity index (χ1) is 13.6. The van der Waals surface area contributed by atoms with Crippen LogP contribution < -0.4 is 15.4 Å². The molecule has 2 N–H and O–H groups in total. The summed E-state index contributed by atoms with van der Waals surface area (Å²) in [7, 11) is 1.55. The first-order valence-electron chi connectivity index (χ1n) is 8.19. The van der Waals surface area contributed by atoms with Gasteiger partial charge in [-0.15, -0.1) is 0 Å². The van der Waals surface area contributed by atoms with Gasteiger partial charge in [0.15, 0.2) is 0 Å². The number of aromatic nitrogens is 4. The summed E-state index contributed by atoms with van der Waals surface area (Å²) < 4.78 is 5.14. The van der Waals surface area contributed by atoms with E-state index in [9.17, 15) is 4.79 Å². The number of benzene rings is 1. The molecule has 3 rings (SSSR count). The molecule has 0 spiro atoms. The summed E-state index contributed by atoms with van der Waals surface area (Å²) in [4.78, 5) is 28.7. The minimum atomic E-state index is -0.376. The quantitative estimate of drug-likeness (QED) is 0.568. The summed E-state index contributed by atoms with van der Waals surface area (Å²) >= 11 is 12.0. The van der Waals surface area contributed by atoms with Crippen LogP contribution in [0.3, 0.4) is 0 Å². The predicted octanol–water partition coefficient (Wildman–Crippen LogP) is 3.12. The van der Waals surface area contributed by atoms with Crippen LogP contribution in [0.15, 0.2) is 42.9 Å². The molecule has 1 aromatic carbocycles. The van der Waals surface area contributed by atoms with E-state index in [2.05, 4.69) is 30.6 Å². The third-order valence-electron chi connectivity index (χ3n) is 3.71. The second-order valence-corrected chi connectivity index (χ2v) is 6.32. The van der Waals surface area contributed by atoms with E-state index in [0.717, 1.165) is 5.56 Å². The number of hydrogen-bond donors (Lipinski definition) is 2. The predicted molar refractivity (Wildman–Crippen MR) is 106 cm³/mol. The van der Waals surface area contributed by atoms with Crippen LogP contribution in [-0.4, -0.2) is 33.0 Å². The molecular formula is C18H16Cl2N6O2. The zero-order chi connectivity index (χ0) is 19.9. The van der Waals surface area contributed by atoms with Crippen LogP contribution in [0.1, 0.15) is 21.7 Å². The van der Waals surface area contributed by atoms with Crippen molar-refractivity contribution in [2.75, 3.05) is 12.4 Å². The van der Waals surface area contributed by atoms with Crippen molar-refractivity contribution >= 4 is 34.9 Å². The van der Waals surface area contributed by atoms with Gasteiger partial charge in [-0.1, -0.05) is 17.7 Å². The van der Waals surface area contributed by atoms with E-state index in [0.29, 0.717) is 29.0 Å². The van der Waals surface area contributed by atoms with Gasteiger partial charge in [0, 0.05) is 25.1 Å². The molecular weight excluding hydrogens is 403 g/mol. The van der Waals surface area contributed by atoms with Crippen LogP contribution in [0, 0.1) is 0 Å². The molecule has 10 heteroatoms. The molecule has 1 amide bonds. The molecule has 28 heavy (non-hydrogen) atoms. The van der Waals surface area contributed by atoms with Gasteiger partial charge in [0.2, 0.25) is 5.28 Å². The Morgan fingerprint density at radius 3 is 2.64 bits per heavy atom. The molecule has 0 unspecified atom stereocenters. The number of hydrogen-bond acceptors (Lipinski definition) is 7. The van der Waals surface area contributed by atoms with Gasteiger partial charge in [0.25, 0.3) is 5.91 Å². The molecule has 144 valence electrons. The molecule has 0 radical (unpaired) electrons. The van der Waals surface area contributed by atoms with Crippen LogP contribution in [0.2, 0.25) is 10.3 Å². The molecule has 0 aliphatic rings. The van der Waals surface area contributed by atoms with Gasteiger partial charge in [-0.05, 0) is 35.4 Å². The Balaban J connectivity index is 1.71. The molecule has 2 heterocycles. The summed E-state index contributed by atoms with van der Waals surface area (Å²) in [5.74, 6) is 1.00. The minimum Gasteiger partial charge on any atom is -0.495 e. The van der Waals surface area contributed by atoms with E-state index in [4.69, 9.17) is 27.9 Å². The summed E-state index contributed by atoms with van der Waals surface area (Å²) in [6, 6.07) is 7.08. The zero-order valence-electron chi connectivity index (χ0n) is 14.8. The first kappa shape index (κ1) is 19.8. The lowest BCUT2D eigenvalue weighted by Gasteiger charge is -2.12. The monoisotopic (exact) mass is 418 g/mol. The van der Waals surface area contributed by atoms with Crippen LogP contribution in [0.25, 0.3) is 0 Å². The van der Waals surface area contributed by atoms with Gasteiger partial charge in [-0.2, -0.15) is 4.98 Å². The Bertz CT molecular complexity index is 972. The highest BCUT2D eigenvalue weighted by molar-refractivity contribution is 6.32. The van der Waals surface area contributed by atoms with E-state index < -0.39 is 0 Å². The summed E-state index contributed by atoms with van der Waals surface area (Å²) in [6.45, 7) is 0.551. The van der Waals surface area contributed by atoms with Crippen molar-refractivity contribution in [3.63, 3.8) is 0 Å². The molecule has 0 atom stereocenters. The Hall–Kier alpha value is -2.97. The summed E-state index contributed by atoms with van der Waals surface area (Å²) in [5, 5.41) is 6.34. The van der Waals surface area contributed by atoms with Crippen molar-refractivity contribution in [3.05, 3.63) is 70.1 Å². The van der Waals surface area contributed by atoms with Crippen LogP contribution >= 0.6 is 23.2 Å². The largest absolute Gasteiger partial charge is 0.495 e. The lowest BCUT2D eigenvalue weighted by atomic mass is 10.2. The highest BCUT2D eigenvalue weighted by Crippen LogP contribution is 2.25. The Kier molecular flexibility index (Phi) is 6.57. The molecule has 8 nitrogen and oxygen atoms in total. The maximum absolute atomic E-state index is 12.5. The Labute approximate surface area is 171 Å². The van der Waals surface area contributed by atoms with Gasteiger partial charge < -0.3 is 15.4 Å². The number of halogens is 2. The van der Waals surface area contributed by atoms with Gasteiger partial charge in [0.05, 0.1) is 18.7 Å². The van der Waals surface area contributed by atoms with Gasteiger partial charge in [-0.3, -0.25) is 4.79 Å². The number of amides is 1. The van der Waals surface area contributed by atoms with E-state index in [1.54, 1.807) is 37.7 Å². The SMILES string of the molecule is COc1ccc(CNc2nc(Cl)ncc2C(=O)NCc2ncccn2)cc1Cl. The standard InChI is InChI=1S/C18H16Cl2N6O2/c1-28-14-4-3-11(7-13(14)19)8-23-16-12(9-25-18(20)26-16)17(27)24-10-15-21-5-2-6-22-15/h2-7,9H,8,10H2,1H3,(H,24,27)(H,23,25,26). The fourth-order valence-electron chi connectivity index (χ4n) is 2.34. The van der Waals surface area contributed by atoms with Crippen molar-refractivity contribution in [1.29, 1.82) is 0 Å². The molecule has 0 saturated heterocycles. The second kappa shape index (κ2) is 9.29. The number of anilines is 1. The average Bonchev–Trinajstić information content (AvgIpc) is 2.71. The minimum absolute atomic E-state index is 0.0261. The van der Waals surface area contributed by atoms with E-state index in [1.165, 1.54) is 6.20 Å². The van der Waals surface area contributed by atoms with Crippen molar-refractivity contribution < 1.29 is 9.53 Å². The maximum Gasteiger partial charge on any atom is 0.256 e. The van der Waals surface area contributed by atoms with E-state index >= 15 is 0 Å². The lowest BCUT2D eigenvalue weighted by molar-refractivity contribution is 0.0950. The highest BCUT2D eigenvalue weighted by Gasteiger charge is 2.15. The summed E-state index contributed by atoms with van der Waals surface area (Å²) in [5.41, 5.74) is 1.13. The number of carbonyl (C=O) groups excluding carboxylic acids is 1. The fraction of sp³-hybridized carbons (Fsp3) is 0.167. The van der Waals surface area contributed by atoms with Gasteiger partial charge in [0.1, 0.15) is 23.0 Å². The third-order valence-corrected chi connectivity index (χ3v) is 4.18. The number of nitrogens with one attached hydrogen (secondary N) is 2. The zero-order valence-corrected chi connectivity index (χ0v) is 16.3. The van der Waals surface area contributed by atoms with Gasteiger partial charge >= 0.3 is 0 Å². The van der Waals surface area contributed by atoms with Crippen molar-refractivity contribution in [1.82, 2.24) is 25.3 Å². The molecule has 0 saturated carbocycles. The number of rotatable bonds is 7. The van der Waals surface area contributed by atoms with Crippen LogP contribution in [-0.2, 0) is 13.1 Å². The fourth-order valence-corrected chi connectivity index (χ4v) is 2.76. The molecule has 2 aromatic heterocycles. The van der Waals surface area contributed by atoms with E-state index in [1.807, 2.05) is 6.07 Å². The first-order valence-corrected chi connectivity index (χ1v) is 8.95. The number of methoxy groups -OCH3 is 1. The average molecular weight is 419 g/mol. The van der Waals surface area contributed by atoms with Gasteiger partial charge in [-0.25, -0.2) is 15.0 Å². The molecule has 0 aliphatic carbocycles.